The van der Waals surface area contributed by atoms with Crippen LogP contribution in [-0.2, 0) is 17.8 Å². The normalized spacial score (nSPS) is 10.9. The van der Waals surface area contributed by atoms with E-state index in [9.17, 15) is 4.79 Å². The van der Waals surface area contributed by atoms with E-state index in [0.29, 0.717) is 15.7 Å². The summed E-state index contributed by atoms with van der Waals surface area (Å²) in [6, 6.07) is 12.0. The van der Waals surface area contributed by atoms with Crippen LogP contribution >= 0.6 is 50.8 Å². The van der Waals surface area contributed by atoms with Gasteiger partial charge < -0.3 is 5.32 Å². The summed E-state index contributed by atoms with van der Waals surface area (Å²) in [5.41, 5.74) is 1.19. The highest BCUT2D eigenvalue weighted by Crippen LogP contribution is 2.24. The largest absolute Gasteiger partial charge is 0.300 e. The third-order valence-corrected chi connectivity index (χ3v) is 6.51. The smallest absolute Gasteiger partial charge is 0.246 e. The van der Waals surface area contributed by atoms with Gasteiger partial charge in [0.15, 0.2) is 15.7 Å². The summed E-state index contributed by atoms with van der Waals surface area (Å²) in [5, 5.41) is 12.4. The van der Waals surface area contributed by atoms with Crippen molar-refractivity contribution in [3.05, 3.63) is 67.7 Å². The molecule has 28 heavy (non-hydrogen) atoms. The van der Waals surface area contributed by atoms with E-state index >= 15 is 0 Å². The van der Waals surface area contributed by atoms with Crippen molar-refractivity contribution in [2.75, 3.05) is 5.32 Å². The molecule has 6 nitrogen and oxygen atoms in total. The molecule has 0 fully saturated rings. The molecule has 3 aromatic heterocycles. The number of aromatic nitrogens is 4. The first-order chi connectivity index (χ1) is 13.6. The third-order valence-electron chi connectivity index (χ3n) is 3.89. The van der Waals surface area contributed by atoms with Gasteiger partial charge in [-0.05, 0) is 41.4 Å². The molecular formula is C18H14BrN5OS3. The summed E-state index contributed by atoms with van der Waals surface area (Å²) in [4.78, 5) is 18.8. The van der Waals surface area contributed by atoms with Gasteiger partial charge in [0.05, 0.1) is 4.88 Å². The van der Waals surface area contributed by atoms with Gasteiger partial charge in [0, 0.05) is 22.0 Å². The van der Waals surface area contributed by atoms with Crippen LogP contribution in [0.2, 0.25) is 0 Å². The van der Waals surface area contributed by atoms with Crippen LogP contribution in [0, 0.1) is 4.77 Å². The van der Waals surface area contributed by atoms with Crippen LogP contribution in [-0.4, -0.2) is 25.7 Å². The highest BCUT2D eigenvalue weighted by molar-refractivity contribution is 9.10. The Morgan fingerprint density at radius 1 is 1.29 bits per heavy atom. The van der Waals surface area contributed by atoms with Crippen molar-refractivity contribution in [3.63, 3.8) is 0 Å². The molecule has 3 heterocycles. The van der Waals surface area contributed by atoms with Crippen molar-refractivity contribution >= 4 is 61.9 Å². The molecule has 0 aliphatic heterocycles. The molecule has 1 aromatic carbocycles. The van der Waals surface area contributed by atoms with Gasteiger partial charge in [-0.3, -0.25) is 14.5 Å². The second kappa shape index (κ2) is 8.48. The first-order valence-corrected chi connectivity index (χ1v) is 11.2. The zero-order valence-electron chi connectivity index (χ0n) is 14.4. The molecule has 142 valence electrons. The van der Waals surface area contributed by atoms with Gasteiger partial charge in [-0.1, -0.05) is 34.1 Å². The molecule has 0 aliphatic carbocycles. The molecule has 0 spiro atoms. The molecule has 10 heteroatoms. The predicted molar refractivity (Wildman–Crippen MR) is 118 cm³/mol. The van der Waals surface area contributed by atoms with Gasteiger partial charge in [-0.2, -0.15) is 5.10 Å². The summed E-state index contributed by atoms with van der Waals surface area (Å²) in [6.45, 7) is 0.0736. The molecular weight excluding hydrogens is 478 g/mol. The first kappa shape index (κ1) is 19.2. The van der Waals surface area contributed by atoms with Crippen molar-refractivity contribution in [2.24, 2.45) is 0 Å². The van der Waals surface area contributed by atoms with Crippen molar-refractivity contribution in [2.45, 2.75) is 13.0 Å². The second-order valence-corrected chi connectivity index (χ2v) is 9.26. The molecule has 1 amide bonds. The minimum absolute atomic E-state index is 0.0736. The standard InChI is InChI=1S/C18H14BrN5OS3/c19-12-5-3-11(4-6-12)8-13-9-20-17(28-13)21-15(25)10-24-16(22-23-18(24)26)14-2-1-7-27-14/h1-7,9H,8,10H2,(H,23,26)(H,20,21,25). The van der Waals surface area contributed by atoms with Gasteiger partial charge >= 0.3 is 0 Å². The monoisotopic (exact) mass is 491 g/mol. The summed E-state index contributed by atoms with van der Waals surface area (Å²) < 4.78 is 3.15. The maximum Gasteiger partial charge on any atom is 0.246 e. The molecule has 0 aliphatic rings. The topological polar surface area (TPSA) is 75.6 Å². The van der Waals surface area contributed by atoms with Crippen LogP contribution in [0.1, 0.15) is 10.4 Å². The van der Waals surface area contributed by atoms with E-state index in [-0.39, 0.29) is 12.5 Å². The lowest BCUT2D eigenvalue weighted by Gasteiger charge is -2.05. The van der Waals surface area contributed by atoms with Gasteiger partial charge in [0.2, 0.25) is 5.91 Å². The maximum atomic E-state index is 12.5. The molecule has 2 N–H and O–H groups in total. The Morgan fingerprint density at radius 2 is 2.11 bits per heavy atom. The van der Waals surface area contributed by atoms with E-state index in [0.717, 1.165) is 20.6 Å². The number of aromatic amines is 1. The van der Waals surface area contributed by atoms with Crippen molar-refractivity contribution in [1.82, 2.24) is 19.7 Å². The number of nitrogens with zero attached hydrogens (tertiary/aromatic N) is 3. The predicted octanol–water partition coefficient (Wildman–Crippen LogP) is 5.12. The lowest BCUT2D eigenvalue weighted by Crippen LogP contribution is -2.19. The van der Waals surface area contributed by atoms with E-state index in [1.807, 2.05) is 29.6 Å². The minimum Gasteiger partial charge on any atom is -0.300 e. The zero-order chi connectivity index (χ0) is 19.5. The number of carbonyl (C=O) groups excluding carboxylic acids is 1. The average Bonchev–Trinajstić information content (AvgIpc) is 3.41. The Bertz CT molecular complexity index is 1140. The average molecular weight is 492 g/mol. The van der Waals surface area contributed by atoms with Crippen molar-refractivity contribution in [1.29, 1.82) is 0 Å². The lowest BCUT2D eigenvalue weighted by atomic mass is 10.1. The van der Waals surface area contributed by atoms with Crippen LogP contribution in [0.3, 0.4) is 0 Å². The van der Waals surface area contributed by atoms with Crippen LogP contribution in [0.5, 0.6) is 0 Å². The zero-order valence-corrected chi connectivity index (χ0v) is 18.4. The number of benzene rings is 1. The number of rotatable bonds is 6. The Balaban J connectivity index is 1.43. The fourth-order valence-corrected chi connectivity index (χ4v) is 4.66. The number of carbonyl (C=O) groups is 1. The van der Waals surface area contributed by atoms with Gasteiger partial charge in [0.25, 0.3) is 0 Å². The Hall–Kier alpha value is -2.14. The molecule has 0 radical (unpaired) electrons. The number of hydrogen-bond acceptors (Lipinski definition) is 6. The van der Waals surface area contributed by atoms with Crippen LogP contribution in [0.25, 0.3) is 10.7 Å². The Labute approximate surface area is 182 Å². The third kappa shape index (κ3) is 4.46. The number of nitrogens with one attached hydrogen (secondary N) is 2. The van der Waals surface area contributed by atoms with E-state index in [1.54, 1.807) is 22.1 Å². The minimum atomic E-state index is -0.195. The fraction of sp³-hybridized carbons (Fsp3) is 0.111. The van der Waals surface area contributed by atoms with Gasteiger partial charge in [-0.25, -0.2) is 4.98 Å². The highest BCUT2D eigenvalue weighted by Gasteiger charge is 2.14. The van der Waals surface area contributed by atoms with E-state index < -0.39 is 0 Å². The summed E-state index contributed by atoms with van der Waals surface area (Å²) in [6.07, 6.45) is 2.57. The van der Waals surface area contributed by atoms with Crippen molar-refractivity contribution in [3.8, 4) is 10.7 Å². The molecule has 0 saturated heterocycles. The SMILES string of the molecule is O=C(Cn1c(-c2cccs2)n[nH]c1=S)Nc1ncc(Cc2ccc(Br)cc2)s1. The molecule has 4 rings (SSSR count). The number of halogens is 1. The van der Waals surface area contributed by atoms with Crippen LogP contribution in [0.4, 0.5) is 5.13 Å². The van der Waals surface area contributed by atoms with E-state index in [4.69, 9.17) is 12.2 Å². The van der Waals surface area contributed by atoms with E-state index in [1.165, 1.54) is 16.9 Å². The Morgan fingerprint density at radius 3 is 2.86 bits per heavy atom. The first-order valence-electron chi connectivity index (χ1n) is 8.26. The Kier molecular flexibility index (Phi) is 5.81. The quantitative estimate of drug-likeness (QED) is 0.367. The number of anilines is 1. The number of H-pyrrole nitrogens is 1. The summed E-state index contributed by atoms with van der Waals surface area (Å²) >= 11 is 11.7. The van der Waals surface area contributed by atoms with Crippen molar-refractivity contribution < 1.29 is 4.79 Å². The number of hydrogen-bond donors (Lipinski definition) is 2. The van der Waals surface area contributed by atoms with Crippen LogP contribution < -0.4 is 5.32 Å². The van der Waals surface area contributed by atoms with Crippen LogP contribution in [0.15, 0.2) is 52.4 Å². The van der Waals surface area contributed by atoms with Gasteiger partial charge in [0.1, 0.15) is 6.54 Å². The van der Waals surface area contributed by atoms with E-state index in [2.05, 4.69) is 48.6 Å². The number of thiophene rings is 1. The second-order valence-electron chi connectivity index (χ2n) is 5.90. The maximum absolute atomic E-state index is 12.5. The molecule has 0 unspecified atom stereocenters. The number of thiazole rings is 1. The summed E-state index contributed by atoms with van der Waals surface area (Å²) in [7, 11) is 0. The lowest BCUT2D eigenvalue weighted by molar-refractivity contribution is -0.116. The van der Waals surface area contributed by atoms with Gasteiger partial charge in [-0.15, -0.1) is 22.7 Å². The molecule has 4 aromatic rings. The highest BCUT2D eigenvalue weighted by atomic mass is 79.9. The number of amides is 1. The summed E-state index contributed by atoms with van der Waals surface area (Å²) in [5.74, 6) is 0.463. The fourth-order valence-electron chi connectivity index (χ4n) is 2.61. The molecule has 0 saturated carbocycles. The molecule has 0 bridgehead atoms. The molecule has 0 atom stereocenters.